The summed E-state index contributed by atoms with van der Waals surface area (Å²) in [6.07, 6.45) is -4.75. The lowest BCUT2D eigenvalue weighted by Crippen LogP contribution is -2.27. The molecule has 0 aliphatic heterocycles. The molecule has 0 aliphatic carbocycles. The van der Waals surface area contributed by atoms with Crippen LogP contribution in [0.15, 0.2) is 18.2 Å². The Morgan fingerprint density at radius 2 is 1.95 bits per heavy atom. The van der Waals surface area contributed by atoms with Crippen molar-refractivity contribution in [3.8, 4) is 0 Å². The molecule has 0 atom stereocenters. The first kappa shape index (κ1) is 15.2. The molecule has 0 bridgehead atoms. The average molecular weight is 296 g/mol. The quantitative estimate of drug-likeness (QED) is 0.489. The van der Waals surface area contributed by atoms with E-state index < -0.39 is 33.3 Å². The molecule has 1 rings (SSSR count). The first-order valence-electron chi connectivity index (χ1n) is 4.84. The molecule has 1 aromatic carbocycles. The Morgan fingerprint density at radius 1 is 1.37 bits per heavy atom. The Morgan fingerprint density at radius 3 is 2.37 bits per heavy atom. The van der Waals surface area contributed by atoms with Gasteiger partial charge in [-0.25, -0.2) is 4.72 Å². The summed E-state index contributed by atoms with van der Waals surface area (Å²) in [6, 6.07) is 2.59. The molecule has 5 N–H and O–H groups in total. The van der Waals surface area contributed by atoms with Crippen LogP contribution in [0.4, 0.5) is 18.9 Å². The maximum absolute atomic E-state index is 12.8. The lowest BCUT2D eigenvalue weighted by molar-refractivity contribution is -0.137. The number of amidine groups is 1. The van der Waals surface area contributed by atoms with Gasteiger partial charge in [-0.05, 0) is 18.2 Å². The van der Waals surface area contributed by atoms with Crippen molar-refractivity contribution < 1.29 is 21.6 Å². The highest BCUT2D eigenvalue weighted by Gasteiger charge is 2.34. The molecule has 0 aromatic heterocycles. The second kappa shape index (κ2) is 5.05. The van der Waals surface area contributed by atoms with Crippen LogP contribution in [0.3, 0.4) is 0 Å². The maximum Gasteiger partial charge on any atom is 0.417 e. The second-order valence-electron chi connectivity index (χ2n) is 3.48. The summed E-state index contributed by atoms with van der Waals surface area (Å²) < 4.78 is 64.4. The largest absolute Gasteiger partial charge is 0.417 e. The second-order valence-corrected chi connectivity index (χ2v) is 5.10. The molecular formula is C9H11F3N4O2S. The zero-order chi connectivity index (χ0) is 14.8. The Bertz CT molecular complexity index is 598. The van der Waals surface area contributed by atoms with Crippen LogP contribution in [0.2, 0.25) is 0 Å². The van der Waals surface area contributed by atoms with Gasteiger partial charge < -0.3 is 5.73 Å². The van der Waals surface area contributed by atoms with Crippen LogP contribution < -0.4 is 15.2 Å². The van der Waals surface area contributed by atoms with E-state index in [1.54, 1.807) is 0 Å². The third-order valence-corrected chi connectivity index (χ3v) is 3.18. The smallest absolute Gasteiger partial charge is 0.384 e. The molecule has 0 saturated carbocycles. The molecule has 0 unspecified atom stereocenters. The van der Waals surface area contributed by atoms with Crippen LogP contribution in [0.25, 0.3) is 0 Å². The fourth-order valence-corrected chi connectivity index (χ4v) is 1.82. The van der Waals surface area contributed by atoms with Gasteiger partial charge in [0.05, 0.1) is 11.3 Å². The van der Waals surface area contributed by atoms with Gasteiger partial charge in [-0.2, -0.15) is 21.6 Å². The summed E-state index contributed by atoms with van der Waals surface area (Å²) in [5.41, 5.74) is 3.06. The van der Waals surface area contributed by atoms with E-state index in [1.165, 1.54) is 0 Å². The summed E-state index contributed by atoms with van der Waals surface area (Å²) in [6.45, 7) is 0. The van der Waals surface area contributed by atoms with Crippen molar-refractivity contribution in [2.24, 2.45) is 5.73 Å². The summed E-state index contributed by atoms with van der Waals surface area (Å²) in [4.78, 5) is 0. The molecule has 0 amide bonds. The van der Waals surface area contributed by atoms with Gasteiger partial charge in [-0.3, -0.25) is 10.1 Å². The fourth-order valence-electron chi connectivity index (χ4n) is 1.28. The van der Waals surface area contributed by atoms with Crippen LogP contribution in [0.1, 0.15) is 11.1 Å². The summed E-state index contributed by atoms with van der Waals surface area (Å²) in [7, 11) is -2.81. The number of nitrogen functional groups attached to an aromatic ring is 1. The van der Waals surface area contributed by atoms with Crippen molar-refractivity contribution in [1.82, 2.24) is 4.72 Å². The minimum absolute atomic E-state index is 0.285. The van der Waals surface area contributed by atoms with Crippen LogP contribution >= 0.6 is 0 Å². The molecule has 0 spiro atoms. The molecule has 6 nitrogen and oxygen atoms in total. The highest BCUT2D eigenvalue weighted by Crippen LogP contribution is 2.33. The predicted octanol–water partition coefficient (Wildman–Crippen LogP) is 0.866. The molecule has 0 radical (unpaired) electrons. The zero-order valence-corrected chi connectivity index (χ0v) is 10.5. The molecule has 1 aromatic rings. The molecule has 0 fully saturated rings. The number of rotatable bonds is 4. The van der Waals surface area contributed by atoms with Gasteiger partial charge in [0.2, 0.25) is 0 Å². The Balaban J connectivity index is 3.31. The Labute approximate surface area is 107 Å². The van der Waals surface area contributed by atoms with E-state index in [9.17, 15) is 21.6 Å². The average Bonchev–Trinajstić information content (AvgIpc) is 2.27. The minimum atomic E-state index is -4.75. The van der Waals surface area contributed by atoms with Crippen molar-refractivity contribution in [3.63, 3.8) is 0 Å². The number of benzene rings is 1. The third-order valence-electron chi connectivity index (χ3n) is 2.14. The molecule has 19 heavy (non-hydrogen) atoms. The highest BCUT2D eigenvalue weighted by molar-refractivity contribution is 7.90. The number of hydrogen-bond acceptors (Lipinski definition) is 3. The van der Waals surface area contributed by atoms with E-state index in [0.29, 0.717) is 6.07 Å². The highest BCUT2D eigenvalue weighted by atomic mass is 32.2. The Kier molecular flexibility index (Phi) is 4.06. The van der Waals surface area contributed by atoms with Crippen molar-refractivity contribution >= 4 is 21.7 Å². The van der Waals surface area contributed by atoms with Crippen LogP contribution in [-0.2, 0) is 16.4 Å². The third kappa shape index (κ3) is 3.83. The van der Waals surface area contributed by atoms with E-state index in [1.807, 2.05) is 9.44 Å². The first-order valence-corrected chi connectivity index (χ1v) is 6.32. The van der Waals surface area contributed by atoms with Crippen molar-refractivity contribution in [2.45, 2.75) is 6.18 Å². The van der Waals surface area contributed by atoms with Gasteiger partial charge in [0, 0.05) is 12.6 Å². The summed E-state index contributed by atoms with van der Waals surface area (Å²) in [5, 5.41) is 7.07. The van der Waals surface area contributed by atoms with Gasteiger partial charge in [0.25, 0.3) is 10.2 Å². The Hall–Kier alpha value is -1.81. The fraction of sp³-hybridized carbons (Fsp3) is 0.222. The monoisotopic (exact) mass is 296 g/mol. The van der Waals surface area contributed by atoms with Crippen molar-refractivity contribution in [2.75, 3.05) is 11.8 Å². The lowest BCUT2D eigenvalue weighted by Gasteiger charge is -2.14. The number of alkyl halides is 3. The number of nitrogens with one attached hydrogen (secondary N) is 3. The summed E-state index contributed by atoms with van der Waals surface area (Å²) in [5.74, 6) is -0.754. The van der Waals surface area contributed by atoms with Gasteiger partial charge >= 0.3 is 6.18 Å². The molecule has 0 saturated heterocycles. The van der Waals surface area contributed by atoms with Gasteiger partial charge in [-0.15, -0.1) is 0 Å². The van der Waals surface area contributed by atoms with Crippen molar-refractivity contribution in [1.29, 1.82) is 5.41 Å². The predicted molar refractivity (Wildman–Crippen MR) is 64.1 cm³/mol. The number of anilines is 1. The van der Waals surface area contributed by atoms with Gasteiger partial charge in [0.15, 0.2) is 0 Å². The van der Waals surface area contributed by atoms with E-state index in [2.05, 4.69) is 0 Å². The number of nitrogens with two attached hydrogens (primary N) is 1. The topological polar surface area (TPSA) is 108 Å². The number of hydrogen-bond donors (Lipinski definition) is 4. The SMILES string of the molecule is CNS(=O)(=O)Nc1ccc(C(=N)N)c(C(F)(F)F)c1. The first-order chi connectivity index (χ1) is 8.57. The molecular weight excluding hydrogens is 285 g/mol. The minimum Gasteiger partial charge on any atom is -0.384 e. The van der Waals surface area contributed by atoms with E-state index >= 15 is 0 Å². The zero-order valence-electron chi connectivity index (χ0n) is 9.67. The van der Waals surface area contributed by atoms with Crippen molar-refractivity contribution in [3.05, 3.63) is 29.3 Å². The van der Waals surface area contributed by atoms with E-state index in [4.69, 9.17) is 11.1 Å². The molecule has 0 aliphatic rings. The van der Waals surface area contributed by atoms with Gasteiger partial charge in [0.1, 0.15) is 5.84 Å². The maximum atomic E-state index is 12.8. The standard InChI is InChI=1S/C9H11F3N4O2S/c1-15-19(17,18)16-5-2-3-6(8(13)14)7(4-5)9(10,11)12/h2-4,15-16H,1H3,(H3,13,14). The van der Waals surface area contributed by atoms with E-state index in [-0.39, 0.29) is 5.69 Å². The van der Waals surface area contributed by atoms with Crippen LogP contribution in [-0.4, -0.2) is 21.3 Å². The molecule has 106 valence electrons. The normalized spacial score (nSPS) is 12.2. The van der Waals surface area contributed by atoms with Gasteiger partial charge in [-0.1, -0.05) is 0 Å². The molecule has 0 heterocycles. The lowest BCUT2D eigenvalue weighted by atomic mass is 10.1. The molecule has 10 heteroatoms. The van der Waals surface area contributed by atoms with Crippen LogP contribution in [0.5, 0.6) is 0 Å². The number of halogens is 3. The summed E-state index contributed by atoms with van der Waals surface area (Å²) >= 11 is 0. The van der Waals surface area contributed by atoms with Crippen LogP contribution in [0, 0.1) is 5.41 Å². The van der Waals surface area contributed by atoms with E-state index in [0.717, 1.165) is 19.2 Å².